The second-order valence-electron chi connectivity index (χ2n) is 5.03. The van der Waals surface area contributed by atoms with Gasteiger partial charge in [0.1, 0.15) is 6.04 Å². The van der Waals surface area contributed by atoms with Gasteiger partial charge in [0, 0.05) is 19.6 Å². The Labute approximate surface area is 114 Å². The third-order valence-corrected chi connectivity index (χ3v) is 6.21. The summed E-state index contributed by atoms with van der Waals surface area (Å²) in [5, 5.41) is 2.74. The number of rotatable bonds is 4. The molecule has 1 aliphatic heterocycles. The number of ether oxygens (including phenoxy) is 1. The van der Waals surface area contributed by atoms with Gasteiger partial charge in [0.2, 0.25) is 10.0 Å². The first-order valence-electron chi connectivity index (χ1n) is 6.95. The van der Waals surface area contributed by atoms with Gasteiger partial charge in [-0.05, 0) is 19.8 Å². The van der Waals surface area contributed by atoms with Crippen LogP contribution in [-0.2, 0) is 19.6 Å². The highest BCUT2D eigenvalue weighted by molar-refractivity contribution is 7.89. The molecule has 0 bridgehead atoms. The van der Waals surface area contributed by atoms with E-state index in [-0.39, 0.29) is 11.9 Å². The first kappa shape index (κ1) is 14.7. The molecule has 0 aromatic heterocycles. The van der Waals surface area contributed by atoms with Crippen LogP contribution in [0.3, 0.4) is 0 Å². The highest BCUT2D eigenvalue weighted by Gasteiger charge is 2.42. The number of sulfonamides is 1. The summed E-state index contributed by atoms with van der Waals surface area (Å²) in [5.41, 5.74) is 0. The molecule has 1 aliphatic carbocycles. The second-order valence-corrected chi connectivity index (χ2v) is 7.20. The fourth-order valence-electron chi connectivity index (χ4n) is 2.81. The summed E-state index contributed by atoms with van der Waals surface area (Å²) >= 11 is 0. The summed E-state index contributed by atoms with van der Waals surface area (Å²) in [4.78, 5) is 11.9. The highest BCUT2D eigenvalue weighted by atomic mass is 32.2. The summed E-state index contributed by atoms with van der Waals surface area (Å²) in [7, 11) is -3.38. The molecule has 0 amide bonds. The van der Waals surface area contributed by atoms with Gasteiger partial charge < -0.3 is 10.1 Å². The minimum atomic E-state index is -3.38. The van der Waals surface area contributed by atoms with E-state index in [1.807, 2.05) is 0 Å². The van der Waals surface area contributed by atoms with E-state index in [0.717, 1.165) is 12.8 Å². The van der Waals surface area contributed by atoms with E-state index in [0.29, 0.717) is 32.5 Å². The number of nitrogens with one attached hydrogen (secondary N) is 1. The SMILES string of the molecule is CCOC(=O)C1CNCCN1S(=O)(=O)C1CCCC1. The van der Waals surface area contributed by atoms with Gasteiger partial charge in [0.25, 0.3) is 0 Å². The highest BCUT2D eigenvalue weighted by Crippen LogP contribution is 2.28. The van der Waals surface area contributed by atoms with Crippen molar-refractivity contribution in [1.29, 1.82) is 0 Å². The van der Waals surface area contributed by atoms with Crippen LogP contribution in [0.2, 0.25) is 0 Å². The molecule has 19 heavy (non-hydrogen) atoms. The van der Waals surface area contributed by atoms with Crippen molar-refractivity contribution in [3.05, 3.63) is 0 Å². The van der Waals surface area contributed by atoms with Crippen LogP contribution in [0.15, 0.2) is 0 Å². The van der Waals surface area contributed by atoms with Crippen LogP contribution in [-0.4, -0.2) is 56.2 Å². The molecule has 2 rings (SSSR count). The Morgan fingerprint density at radius 3 is 2.68 bits per heavy atom. The second kappa shape index (κ2) is 6.19. The van der Waals surface area contributed by atoms with Gasteiger partial charge in [-0.1, -0.05) is 12.8 Å². The molecule has 110 valence electrons. The average Bonchev–Trinajstić information content (AvgIpc) is 2.93. The van der Waals surface area contributed by atoms with Crippen LogP contribution < -0.4 is 5.32 Å². The molecule has 1 N–H and O–H groups in total. The quantitative estimate of drug-likeness (QED) is 0.743. The van der Waals surface area contributed by atoms with Crippen molar-refractivity contribution in [2.24, 2.45) is 0 Å². The maximum absolute atomic E-state index is 12.6. The molecule has 0 spiro atoms. The van der Waals surface area contributed by atoms with Crippen LogP contribution in [0.1, 0.15) is 32.6 Å². The summed E-state index contributed by atoms with van der Waals surface area (Å²) < 4.78 is 31.5. The van der Waals surface area contributed by atoms with Crippen molar-refractivity contribution in [1.82, 2.24) is 9.62 Å². The Morgan fingerprint density at radius 2 is 2.05 bits per heavy atom. The molecule has 2 fully saturated rings. The van der Waals surface area contributed by atoms with Crippen LogP contribution in [0.25, 0.3) is 0 Å². The molecular weight excluding hydrogens is 268 g/mol. The maximum Gasteiger partial charge on any atom is 0.325 e. The molecule has 6 nitrogen and oxygen atoms in total. The first-order chi connectivity index (χ1) is 9.07. The van der Waals surface area contributed by atoms with E-state index in [1.54, 1.807) is 6.92 Å². The van der Waals surface area contributed by atoms with Gasteiger partial charge in [0.05, 0.1) is 11.9 Å². The van der Waals surface area contributed by atoms with Gasteiger partial charge in [0.15, 0.2) is 0 Å². The normalized spacial score (nSPS) is 26.5. The third kappa shape index (κ3) is 3.09. The fraction of sp³-hybridized carbons (Fsp3) is 0.917. The van der Waals surface area contributed by atoms with Crippen LogP contribution >= 0.6 is 0 Å². The Morgan fingerprint density at radius 1 is 1.37 bits per heavy atom. The van der Waals surface area contributed by atoms with Gasteiger partial charge in [-0.2, -0.15) is 4.31 Å². The van der Waals surface area contributed by atoms with E-state index in [1.165, 1.54) is 4.31 Å². The molecular formula is C12H22N2O4S. The van der Waals surface area contributed by atoms with E-state index in [2.05, 4.69) is 5.32 Å². The third-order valence-electron chi connectivity index (χ3n) is 3.80. The van der Waals surface area contributed by atoms with Gasteiger partial charge in [-0.25, -0.2) is 8.42 Å². The molecule has 1 saturated heterocycles. The van der Waals surface area contributed by atoms with Crippen molar-refractivity contribution in [2.45, 2.75) is 43.9 Å². The Balaban J connectivity index is 2.16. The first-order valence-corrected chi connectivity index (χ1v) is 8.45. The minimum absolute atomic E-state index is 0.270. The van der Waals surface area contributed by atoms with Crippen molar-refractivity contribution in [3.8, 4) is 0 Å². The molecule has 7 heteroatoms. The number of hydrogen-bond donors (Lipinski definition) is 1. The smallest absolute Gasteiger partial charge is 0.325 e. The number of esters is 1. The predicted molar refractivity (Wildman–Crippen MR) is 71.2 cm³/mol. The lowest BCUT2D eigenvalue weighted by atomic mass is 10.2. The Hall–Kier alpha value is -0.660. The zero-order valence-electron chi connectivity index (χ0n) is 11.3. The van der Waals surface area contributed by atoms with Crippen molar-refractivity contribution in [2.75, 3.05) is 26.2 Å². The standard InChI is InChI=1S/C12H22N2O4S/c1-2-18-12(15)11-9-13-7-8-14(11)19(16,17)10-5-3-4-6-10/h10-11,13H,2-9H2,1H3. The van der Waals surface area contributed by atoms with Gasteiger partial charge >= 0.3 is 5.97 Å². The molecule has 0 aromatic rings. The zero-order valence-corrected chi connectivity index (χ0v) is 12.1. The lowest BCUT2D eigenvalue weighted by Gasteiger charge is -2.35. The molecule has 1 unspecified atom stereocenters. The predicted octanol–water partition coefficient (Wildman–Crippen LogP) is 0.0957. The van der Waals surface area contributed by atoms with Crippen LogP contribution in [0.4, 0.5) is 0 Å². The van der Waals surface area contributed by atoms with Gasteiger partial charge in [-0.15, -0.1) is 0 Å². The van der Waals surface area contributed by atoms with E-state index >= 15 is 0 Å². The molecule has 2 aliphatic rings. The lowest BCUT2D eigenvalue weighted by molar-refractivity contribution is -0.148. The van der Waals surface area contributed by atoms with Crippen LogP contribution in [0, 0.1) is 0 Å². The van der Waals surface area contributed by atoms with E-state index < -0.39 is 22.0 Å². The van der Waals surface area contributed by atoms with Crippen molar-refractivity contribution in [3.63, 3.8) is 0 Å². The Bertz CT molecular complexity index is 417. The number of carbonyl (C=O) groups excluding carboxylic acids is 1. The van der Waals surface area contributed by atoms with Crippen molar-refractivity contribution >= 4 is 16.0 Å². The number of carbonyl (C=O) groups is 1. The average molecular weight is 290 g/mol. The fourth-order valence-corrected chi connectivity index (χ4v) is 4.98. The number of hydrogen-bond acceptors (Lipinski definition) is 5. The van der Waals surface area contributed by atoms with Crippen molar-refractivity contribution < 1.29 is 17.9 Å². The summed E-state index contributed by atoms with van der Waals surface area (Å²) in [6, 6.07) is -0.709. The Kier molecular flexibility index (Phi) is 4.81. The topological polar surface area (TPSA) is 75.7 Å². The maximum atomic E-state index is 12.6. The summed E-state index contributed by atoms with van der Waals surface area (Å²) in [6.07, 6.45) is 3.34. The zero-order chi connectivity index (χ0) is 13.9. The molecule has 1 atom stereocenters. The van der Waals surface area contributed by atoms with E-state index in [4.69, 9.17) is 4.74 Å². The molecule has 1 saturated carbocycles. The van der Waals surface area contributed by atoms with Gasteiger partial charge in [-0.3, -0.25) is 4.79 Å². The summed E-state index contributed by atoms with van der Waals surface area (Å²) in [5.74, 6) is -0.448. The molecule has 1 heterocycles. The summed E-state index contributed by atoms with van der Waals surface area (Å²) in [6.45, 7) is 3.27. The molecule has 0 aromatic carbocycles. The monoisotopic (exact) mass is 290 g/mol. The number of nitrogens with zero attached hydrogens (tertiary/aromatic N) is 1. The lowest BCUT2D eigenvalue weighted by Crippen LogP contribution is -2.58. The number of piperazine rings is 1. The largest absolute Gasteiger partial charge is 0.465 e. The molecule has 0 radical (unpaired) electrons. The van der Waals surface area contributed by atoms with Crippen LogP contribution in [0.5, 0.6) is 0 Å². The van der Waals surface area contributed by atoms with E-state index in [9.17, 15) is 13.2 Å². The minimum Gasteiger partial charge on any atom is -0.465 e.